The quantitative estimate of drug-likeness (QED) is 0.334. The Morgan fingerprint density at radius 2 is 1.68 bits per heavy atom. The van der Waals surface area contributed by atoms with E-state index in [4.69, 9.17) is 13.9 Å². The fraction of sp³-hybridized carbons (Fsp3) is 0.370. The molecule has 0 spiro atoms. The second-order valence-corrected chi connectivity index (χ2v) is 8.07. The number of nitrogens with one attached hydrogen (secondary N) is 1. The Bertz CT molecular complexity index is 1250. The third kappa shape index (κ3) is 5.30. The molecule has 1 heterocycles. The van der Waals surface area contributed by atoms with Crippen LogP contribution in [-0.2, 0) is 24.1 Å². The maximum absolute atomic E-state index is 13.5. The second-order valence-electron chi connectivity index (χ2n) is 8.07. The van der Waals surface area contributed by atoms with Gasteiger partial charge in [-0.05, 0) is 60.7 Å². The fourth-order valence-electron chi connectivity index (χ4n) is 3.94. The lowest BCUT2D eigenvalue weighted by molar-refractivity contribution is -0.131. The van der Waals surface area contributed by atoms with Crippen LogP contribution in [0.4, 0.5) is 5.69 Å². The predicted molar refractivity (Wildman–Crippen MR) is 132 cm³/mol. The van der Waals surface area contributed by atoms with Crippen LogP contribution in [0.1, 0.15) is 67.8 Å². The van der Waals surface area contributed by atoms with E-state index >= 15 is 0 Å². The summed E-state index contributed by atoms with van der Waals surface area (Å²) in [6.07, 6.45) is 3.47. The van der Waals surface area contributed by atoms with Gasteiger partial charge in [-0.25, -0.2) is 0 Å². The Morgan fingerprint density at radius 3 is 2.24 bits per heavy atom. The number of rotatable bonds is 9. The normalized spacial score (nSPS) is 10.9. The maximum atomic E-state index is 13.5. The van der Waals surface area contributed by atoms with Crippen molar-refractivity contribution in [2.24, 2.45) is 0 Å². The number of anilines is 1. The first-order chi connectivity index (χ1) is 16.3. The van der Waals surface area contributed by atoms with Crippen LogP contribution in [0, 0.1) is 0 Å². The highest BCUT2D eigenvalue weighted by molar-refractivity contribution is 6.07. The van der Waals surface area contributed by atoms with Crippen LogP contribution < -0.4 is 20.2 Å². The first-order valence-electron chi connectivity index (χ1n) is 11.6. The number of fused-ring (bicyclic) bond motifs is 1. The minimum atomic E-state index is -0.519. The molecule has 0 aliphatic rings. The van der Waals surface area contributed by atoms with Crippen molar-refractivity contribution in [1.29, 1.82) is 0 Å². The van der Waals surface area contributed by atoms with Gasteiger partial charge in [0.05, 0.1) is 12.5 Å². The number of amides is 1. The van der Waals surface area contributed by atoms with E-state index in [0.29, 0.717) is 36.3 Å². The van der Waals surface area contributed by atoms with Crippen molar-refractivity contribution in [3.63, 3.8) is 0 Å². The molecule has 0 fully saturated rings. The number of ether oxygens (including phenoxy) is 2. The Hall–Kier alpha value is -3.61. The summed E-state index contributed by atoms with van der Waals surface area (Å²) in [5, 5.41) is 3.16. The summed E-state index contributed by atoms with van der Waals surface area (Å²) in [5.74, 6) is 0.270. The molecule has 180 valence electrons. The standard InChI is InChI=1S/C27H31NO6/c1-6-9-10-23-24(26(30)21-15-19(33-16(4)29)11-12-22(21)34-23)27(31)28-25-17(7-2)13-20(32-5)14-18(25)8-3/h11-15H,6-10H2,1-5H3,(H,28,31). The lowest BCUT2D eigenvalue weighted by Gasteiger charge is -2.17. The number of carbonyl (C=O) groups excluding carboxylic acids is 2. The zero-order chi connectivity index (χ0) is 24.8. The molecule has 0 atom stereocenters. The average molecular weight is 466 g/mol. The van der Waals surface area contributed by atoms with Crippen molar-refractivity contribution in [2.45, 2.75) is 59.8 Å². The monoisotopic (exact) mass is 465 g/mol. The van der Waals surface area contributed by atoms with Crippen LogP contribution in [0.5, 0.6) is 11.5 Å². The lowest BCUT2D eigenvalue weighted by Crippen LogP contribution is -2.25. The number of esters is 1. The smallest absolute Gasteiger partial charge is 0.308 e. The molecule has 3 aromatic rings. The minimum absolute atomic E-state index is 0.0270. The van der Waals surface area contributed by atoms with Gasteiger partial charge in [-0.2, -0.15) is 0 Å². The van der Waals surface area contributed by atoms with E-state index in [1.807, 2.05) is 32.9 Å². The van der Waals surface area contributed by atoms with Crippen molar-refractivity contribution in [3.8, 4) is 11.5 Å². The molecule has 0 bridgehead atoms. The summed E-state index contributed by atoms with van der Waals surface area (Å²) in [6, 6.07) is 8.36. The minimum Gasteiger partial charge on any atom is -0.497 e. The third-order valence-corrected chi connectivity index (χ3v) is 5.69. The molecule has 1 aromatic heterocycles. The van der Waals surface area contributed by atoms with E-state index in [9.17, 15) is 14.4 Å². The van der Waals surface area contributed by atoms with E-state index in [1.165, 1.54) is 13.0 Å². The summed E-state index contributed by atoms with van der Waals surface area (Å²) >= 11 is 0. The van der Waals surface area contributed by atoms with E-state index in [2.05, 4.69) is 5.32 Å². The van der Waals surface area contributed by atoms with Gasteiger partial charge in [0.15, 0.2) is 0 Å². The fourth-order valence-corrected chi connectivity index (χ4v) is 3.94. The third-order valence-electron chi connectivity index (χ3n) is 5.69. The number of methoxy groups -OCH3 is 1. The van der Waals surface area contributed by atoms with Crippen LogP contribution in [0.15, 0.2) is 39.5 Å². The van der Waals surface area contributed by atoms with Crippen LogP contribution in [-0.4, -0.2) is 19.0 Å². The molecule has 0 aliphatic carbocycles. The van der Waals surface area contributed by atoms with Crippen molar-refractivity contribution < 1.29 is 23.5 Å². The van der Waals surface area contributed by atoms with Crippen LogP contribution >= 0.6 is 0 Å². The number of unbranched alkanes of at least 4 members (excludes halogenated alkanes) is 1. The molecular weight excluding hydrogens is 434 g/mol. The van der Waals surface area contributed by atoms with Gasteiger partial charge in [-0.1, -0.05) is 27.2 Å². The highest BCUT2D eigenvalue weighted by atomic mass is 16.5. The summed E-state index contributed by atoms with van der Waals surface area (Å²) in [7, 11) is 1.61. The molecule has 1 amide bonds. The maximum Gasteiger partial charge on any atom is 0.308 e. The van der Waals surface area contributed by atoms with E-state index in [0.717, 1.165) is 29.7 Å². The molecule has 34 heavy (non-hydrogen) atoms. The Labute approximate surface area is 199 Å². The summed E-state index contributed by atoms with van der Waals surface area (Å²) in [4.78, 5) is 38.4. The van der Waals surface area contributed by atoms with Gasteiger partial charge in [0.2, 0.25) is 5.43 Å². The topological polar surface area (TPSA) is 94.8 Å². The first kappa shape index (κ1) is 25.0. The number of carbonyl (C=O) groups is 2. The average Bonchev–Trinajstić information content (AvgIpc) is 2.82. The van der Waals surface area contributed by atoms with Gasteiger partial charge >= 0.3 is 5.97 Å². The SMILES string of the molecule is CCCCc1oc2ccc(OC(C)=O)cc2c(=O)c1C(=O)Nc1c(CC)cc(OC)cc1CC. The van der Waals surface area contributed by atoms with Gasteiger partial charge < -0.3 is 19.2 Å². The largest absolute Gasteiger partial charge is 0.497 e. The summed E-state index contributed by atoms with van der Waals surface area (Å²) < 4.78 is 16.5. The second kappa shape index (κ2) is 11.0. The van der Waals surface area contributed by atoms with Gasteiger partial charge in [0.25, 0.3) is 5.91 Å². The molecule has 7 heteroatoms. The molecule has 0 radical (unpaired) electrons. The summed E-state index contributed by atoms with van der Waals surface area (Å²) in [5.41, 5.74) is 2.38. The molecule has 1 N–H and O–H groups in total. The number of hydrogen-bond acceptors (Lipinski definition) is 6. The molecule has 0 saturated carbocycles. The highest BCUT2D eigenvalue weighted by Crippen LogP contribution is 2.30. The van der Waals surface area contributed by atoms with Crippen LogP contribution in [0.2, 0.25) is 0 Å². The molecular formula is C27H31NO6. The Kier molecular flexibility index (Phi) is 8.10. The van der Waals surface area contributed by atoms with E-state index in [1.54, 1.807) is 19.2 Å². The van der Waals surface area contributed by atoms with E-state index in [-0.39, 0.29) is 16.7 Å². The van der Waals surface area contributed by atoms with Crippen molar-refractivity contribution in [2.75, 3.05) is 12.4 Å². The number of benzene rings is 2. The first-order valence-corrected chi connectivity index (χ1v) is 11.6. The Balaban J connectivity index is 2.15. The highest BCUT2D eigenvalue weighted by Gasteiger charge is 2.23. The van der Waals surface area contributed by atoms with Crippen LogP contribution in [0.3, 0.4) is 0 Å². The number of aryl methyl sites for hydroxylation is 3. The van der Waals surface area contributed by atoms with Gasteiger partial charge in [0.1, 0.15) is 28.4 Å². The van der Waals surface area contributed by atoms with Crippen molar-refractivity contribution in [1.82, 2.24) is 0 Å². The van der Waals surface area contributed by atoms with E-state index < -0.39 is 17.3 Å². The molecule has 2 aromatic carbocycles. The molecule has 3 rings (SSSR count). The van der Waals surface area contributed by atoms with Gasteiger partial charge in [-0.3, -0.25) is 14.4 Å². The predicted octanol–water partition coefficient (Wildman–Crippen LogP) is 5.45. The van der Waals surface area contributed by atoms with Gasteiger partial charge in [0, 0.05) is 19.0 Å². The van der Waals surface area contributed by atoms with Gasteiger partial charge in [-0.15, -0.1) is 0 Å². The molecule has 7 nitrogen and oxygen atoms in total. The zero-order valence-corrected chi connectivity index (χ0v) is 20.4. The Morgan fingerprint density at radius 1 is 1.00 bits per heavy atom. The van der Waals surface area contributed by atoms with Crippen molar-refractivity contribution in [3.05, 3.63) is 63.0 Å². The number of hydrogen-bond donors (Lipinski definition) is 1. The molecule has 0 aliphatic heterocycles. The lowest BCUT2D eigenvalue weighted by atomic mass is 10.0. The van der Waals surface area contributed by atoms with Crippen molar-refractivity contribution >= 4 is 28.5 Å². The molecule has 0 saturated heterocycles. The zero-order valence-electron chi connectivity index (χ0n) is 20.4. The summed E-state index contributed by atoms with van der Waals surface area (Å²) in [6.45, 7) is 7.31. The molecule has 0 unspecified atom stereocenters. The van der Waals surface area contributed by atoms with Crippen LogP contribution in [0.25, 0.3) is 11.0 Å².